The van der Waals surface area contributed by atoms with Gasteiger partial charge < -0.3 is 11.1 Å². The Morgan fingerprint density at radius 2 is 1.69 bits per heavy atom. The Labute approximate surface area is 170 Å². The van der Waals surface area contributed by atoms with Gasteiger partial charge in [0.15, 0.2) is 0 Å². The van der Waals surface area contributed by atoms with Crippen LogP contribution >= 0.6 is 0 Å². The first kappa shape index (κ1) is 20.1. The molecule has 148 valence electrons. The number of para-hydroxylation sites is 1. The molecule has 0 aliphatic heterocycles. The van der Waals surface area contributed by atoms with Crippen molar-refractivity contribution in [2.45, 2.75) is 13.8 Å². The highest BCUT2D eigenvalue weighted by atomic mass is 16.2. The molecular weight excluding hydrogens is 364 g/mol. The maximum Gasteiger partial charge on any atom is 0.244 e. The van der Waals surface area contributed by atoms with E-state index in [1.54, 1.807) is 24.6 Å². The number of aromatic nitrogens is 2. The lowest BCUT2D eigenvalue weighted by Crippen LogP contribution is -2.41. The Bertz CT molecular complexity index is 1020. The molecule has 2 aromatic carbocycles. The van der Waals surface area contributed by atoms with E-state index in [0.29, 0.717) is 0 Å². The Morgan fingerprint density at radius 3 is 2.31 bits per heavy atom. The number of carbonyl (C=O) groups is 2. The summed E-state index contributed by atoms with van der Waals surface area (Å²) in [6, 6.07) is 19.6. The van der Waals surface area contributed by atoms with E-state index in [1.807, 2.05) is 66.9 Å². The summed E-state index contributed by atoms with van der Waals surface area (Å²) in [7, 11) is 0. The zero-order chi connectivity index (χ0) is 20.9. The summed E-state index contributed by atoms with van der Waals surface area (Å²) in [4.78, 5) is 23.6. The molecule has 0 spiro atoms. The number of primary amides is 1. The van der Waals surface area contributed by atoms with Gasteiger partial charge in [-0.2, -0.15) is 5.10 Å². The van der Waals surface area contributed by atoms with Crippen molar-refractivity contribution >= 4 is 17.9 Å². The molecule has 0 bridgehead atoms. The number of carbonyl (C=O) groups excluding carboxylic acids is 2. The Kier molecular flexibility index (Phi) is 5.93. The summed E-state index contributed by atoms with van der Waals surface area (Å²) in [5.41, 5.74) is 8.00. The molecule has 3 aromatic rings. The van der Waals surface area contributed by atoms with Crippen LogP contribution in [0.2, 0.25) is 0 Å². The first-order valence-corrected chi connectivity index (χ1v) is 9.33. The average Bonchev–Trinajstić information content (AvgIpc) is 3.16. The third-order valence-electron chi connectivity index (χ3n) is 4.60. The normalized spacial score (nSPS) is 11.5. The van der Waals surface area contributed by atoms with Crippen LogP contribution in [0.4, 0.5) is 0 Å². The molecule has 0 saturated heterocycles. The highest BCUT2D eigenvalue weighted by molar-refractivity contribution is 5.93. The number of nitrogens with zero attached hydrogens (tertiary/aromatic N) is 2. The largest absolute Gasteiger partial charge is 0.369 e. The van der Waals surface area contributed by atoms with E-state index >= 15 is 0 Å². The maximum absolute atomic E-state index is 12.2. The van der Waals surface area contributed by atoms with Crippen molar-refractivity contribution < 1.29 is 9.59 Å². The van der Waals surface area contributed by atoms with Crippen LogP contribution in [-0.2, 0) is 9.59 Å². The summed E-state index contributed by atoms with van der Waals surface area (Å²) in [5.74, 6) is -0.761. The highest BCUT2D eigenvalue weighted by Gasteiger charge is 2.25. The zero-order valence-corrected chi connectivity index (χ0v) is 16.5. The van der Waals surface area contributed by atoms with Gasteiger partial charge in [0.1, 0.15) is 0 Å². The molecule has 0 aliphatic rings. The molecule has 3 rings (SSSR count). The van der Waals surface area contributed by atoms with Gasteiger partial charge in [-0.15, -0.1) is 0 Å². The van der Waals surface area contributed by atoms with Gasteiger partial charge in [-0.05, 0) is 32.1 Å². The number of nitrogens with two attached hydrogens (primary N) is 1. The second-order valence-corrected chi connectivity index (χ2v) is 7.38. The second-order valence-electron chi connectivity index (χ2n) is 7.38. The fourth-order valence-corrected chi connectivity index (χ4v) is 2.66. The summed E-state index contributed by atoms with van der Waals surface area (Å²) in [5, 5.41) is 7.43. The van der Waals surface area contributed by atoms with Gasteiger partial charge in [0.25, 0.3) is 0 Å². The van der Waals surface area contributed by atoms with Gasteiger partial charge in [0.05, 0.1) is 16.8 Å². The third-order valence-corrected chi connectivity index (χ3v) is 4.60. The van der Waals surface area contributed by atoms with Crippen molar-refractivity contribution in [2.24, 2.45) is 11.1 Å². The molecule has 1 aromatic heterocycles. The topological polar surface area (TPSA) is 90.0 Å². The number of hydrogen-bond donors (Lipinski definition) is 2. The molecule has 29 heavy (non-hydrogen) atoms. The lowest BCUT2D eigenvalue weighted by atomic mass is 9.93. The predicted octanol–water partition coefficient (Wildman–Crippen LogP) is 3.18. The van der Waals surface area contributed by atoms with Gasteiger partial charge in [-0.1, -0.05) is 48.5 Å². The Balaban J connectivity index is 1.86. The Morgan fingerprint density at radius 1 is 1.07 bits per heavy atom. The van der Waals surface area contributed by atoms with Crippen LogP contribution in [0.25, 0.3) is 23.0 Å². The first-order valence-electron chi connectivity index (χ1n) is 9.33. The molecule has 6 nitrogen and oxygen atoms in total. The number of amides is 2. The number of hydrogen-bond acceptors (Lipinski definition) is 3. The molecule has 3 N–H and O–H groups in total. The Hall–Kier alpha value is -3.67. The molecule has 0 unspecified atom stereocenters. The lowest BCUT2D eigenvalue weighted by molar-refractivity contribution is -0.126. The lowest BCUT2D eigenvalue weighted by Gasteiger charge is -2.19. The molecule has 1 heterocycles. The standard InChI is InChI=1S/C23H24N4O2/c1-23(2,22(24)29)16-25-20(28)14-13-18-15-27(19-11-7-4-8-12-19)26-21(18)17-9-5-3-6-10-17/h3-15H,16H2,1-2H3,(H2,24,29)(H,25,28). The second kappa shape index (κ2) is 8.56. The number of benzene rings is 2. The SMILES string of the molecule is CC(C)(CNC(=O)C=Cc1cn(-c2ccccc2)nc1-c1ccccc1)C(N)=O. The molecule has 0 atom stereocenters. The van der Waals surface area contributed by atoms with Crippen LogP contribution in [0.3, 0.4) is 0 Å². The van der Waals surface area contributed by atoms with E-state index in [0.717, 1.165) is 22.5 Å². The first-order chi connectivity index (χ1) is 13.9. The van der Waals surface area contributed by atoms with Crippen LogP contribution in [0, 0.1) is 5.41 Å². The minimum atomic E-state index is -0.809. The predicted molar refractivity (Wildman–Crippen MR) is 114 cm³/mol. The van der Waals surface area contributed by atoms with Gasteiger partial charge >= 0.3 is 0 Å². The fraction of sp³-hybridized carbons (Fsp3) is 0.174. The van der Waals surface area contributed by atoms with Crippen LogP contribution in [0.15, 0.2) is 72.9 Å². The van der Waals surface area contributed by atoms with Crippen molar-refractivity contribution in [3.05, 3.63) is 78.5 Å². The zero-order valence-electron chi connectivity index (χ0n) is 16.5. The van der Waals surface area contributed by atoms with E-state index < -0.39 is 11.3 Å². The summed E-state index contributed by atoms with van der Waals surface area (Å²) in [6.45, 7) is 3.55. The van der Waals surface area contributed by atoms with Gasteiger partial charge in [0, 0.05) is 29.9 Å². The van der Waals surface area contributed by atoms with Crippen LogP contribution in [-0.4, -0.2) is 28.1 Å². The molecule has 0 radical (unpaired) electrons. The number of rotatable bonds is 7. The van der Waals surface area contributed by atoms with Gasteiger partial charge in [0.2, 0.25) is 11.8 Å². The average molecular weight is 388 g/mol. The van der Waals surface area contributed by atoms with Crippen molar-refractivity contribution in [1.29, 1.82) is 0 Å². The van der Waals surface area contributed by atoms with E-state index in [2.05, 4.69) is 5.32 Å². The quantitative estimate of drug-likeness (QED) is 0.609. The molecule has 6 heteroatoms. The smallest absolute Gasteiger partial charge is 0.244 e. The van der Waals surface area contributed by atoms with Crippen molar-refractivity contribution in [2.75, 3.05) is 6.54 Å². The van der Waals surface area contributed by atoms with Gasteiger partial charge in [-0.25, -0.2) is 4.68 Å². The molecule has 0 fully saturated rings. The summed E-state index contributed by atoms with van der Waals surface area (Å²) in [6.07, 6.45) is 5.05. The van der Waals surface area contributed by atoms with E-state index in [4.69, 9.17) is 10.8 Å². The van der Waals surface area contributed by atoms with E-state index in [-0.39, 0.29) is 12.5 Å². The van der Waals surface area contributed by atoms with Crippen molar-refractivity contribution in [1.82, 2.24) is 15.1 Å². The van der Waals surface area contributed by atoms with Crippen molar-refractivity contribution in [3.8, 4) is 16.9 Å². The summed E-state index contributed by atoms with van der Waals surface area (Å²) < 4.78 is 1.79. The highest BCUT2D eigenvalue weighted by Crippen LogP contribution is 2.24. The van der Waals surface area contributed by atoms with Gasteiger partial charge in [-0.3, -0.25) is 9.59 Å². The minimum absolute atomic E-state index is 0.167. The minimum Gasteiger partial charge on any atom is -0.369 e. The molecule has 0 saturated carbocycles. The van der Waals surface area contributed by atoms with Crippen LogP contribution < -0.4 is 11.1 Å². The molecule has 2 amide bonds. The van der Waals surface area contributed by atoms with Crippen LogP contribution in [0.5, 0.6) is 0 Å². The molecule has 0 aliphatic carbocycles. The van der Waals surface area contributed by atoms with E-state index in [1.165, 1.54) is 6.08 Å². The maximum atomic E-state index is 12.2. The van der Waals surface area contributed by atoms with Crippen LogP contribution in [0.1, 0.15) is 19.4 Å². The third kappa shape index (κ3) is 4.99. The van der Waals surface area contributed by atoms with E-state index in [9.17, 15) is 9.59 Å². The number of nitrogens with one attached hydrogen (secondary N) is 1. The molecular formula is C23H24N4O2. The monoisotopic (exact) mass is 388 g/mol. The fourth-order valence-electron chi connectivity index (χ4n) is 2.66. The summed E-state index contributed by atoms with van der Waals surface area (Å²) >= 11 is 0. The van der Waals surface area contributed by atoms with Crippen molar-refractivity contribution in [3.63, 3.8) is 0 Å².